The van der Waals surface area contributed by atoms with Gasteiger partial charge in [-0.15, -0.1) is 0 Å². The number of aromatic hydroxyl groups is 1. The van der Waals surface area contributed by atoms with Crippen LogP contribution in [0.2, 0.25) is 0 Å². The molecule has 7 nitrogen and oxygen atoms in total. The first kappa shape index (κ1) is 40.8. The number of aliphatic hydroxyl groups is 2. The van der Waals surface area contributed by atoms with Crippen molar-refractivity contribution < 1.29 is 29.6 Å². The third kappa shape index (κ3) is 6.21. The predicted molar refractivity (Wildman–Crippen MR) is 225 cm³/mol. The predicted octanol–water partition coefficient (Wildman–Crippen LogP) is 9.46. The van der Waals surface area contributed by atoms with Crippen LogP contribution in [0.15, 0.2) is 53.6 Å². The Hall–Kier alpha value is -3.00. The summed E-state index contributed by atoms with van der Waals surface area (Å²) >= 11 is 0. The number of nitrogen functional groups attached to an aromatic ring is 1. The van der Waals surface area contributed by atoms with E-state index in [9.17, 15) is 24.9 Å². The van der Waals surface area contributed by atoms with Gasteiger partial charge in [0.2, 0.25) is 0 Å². The SMILES string of the molecule is CC(C)Cc1cc(N)cc([C@@H]2CCC[C@@H]2[C@@]2(C)O[C@H]2[C@H](O)C[C@@H](C)C2=C3CC[C@H]4[C@@]5(C)C[C@H](c6cccc(O)c6)C(=O)C(C)(C)[C@@H]5[C@@H](O)C[C@]4(C)[C@@]3(C)CC2=O)c1. The summed E-state index contributed by atoms with van der Waals surface area (Å²) in [5.74, 6) is 1.14. The molecule has 5 fully saturated rings. The van der Waals surface area contributed by atoms with Gasteiger partial charge in [-0.05, 0) is 145 Å². The summed E-state index contributed by atoms with van der Waals surface area (Å²) in [7, 11) is 0. The van der Waals surface area contributed by atoms with Crippen molar-refractivity contribution >= 4 is 17.3 Å². The minimum Gasteiger partial charge on any atom is -0.508 e. The summed E-state index contributed by atoms with van der Waals surface area (Å²) in [4.78, 5) is 28.6. The Morgan fingerprint density at radius 2 is 1.67 bits per heavy atom. The molecule has 1 saturated heterocycles. The number of anilines is 1. The number of ketones is 2. The largest absolute Gasteiger partial charge is 0.508 e. The zero-order chi connectivity index (χ0) is 41.2. The molecule has 0 aromatic heterocycles. The second-order valence-corrected chi connectivity index (χ2v) is 21.7. The van der Waals surface area contributed by atoms with Crippen LogP contribution in [0.5, 0.6) is 5.75 Å². The number of hydrogen-bond acceptors (Lipinski definition) is 7. The van der Waals surface area contributed by atoms with Crippen molar-refractivity contribution in [3.8, 4) is 5.75 Å². The molecule has 4 saturated carbocycles. The molecule has 8 rings (SSSR count). The second-order valence-electron chi connectivity index (χ2n) is 21.7. The lowest BCUT2D eigenvalue weighted by molar-refractivity contribution is -0.219. The number of benzene rings is 2. The maximum absolute atomic E-state index is 14.4. The molecule has 310 valence electrons. The van der Waals surface area contributed by atoms with Crippen LogP contribution in [0.25, 0.3) is 0 Å². The first-order valence-corrected chi connectivity index (χ1v) is 22.2. The van der Waals surface area contributed by atoms with Crippen LogP contribution in [-0.4, -0.2) is 50.8 Å². The summed E-state index contributed by atoms with van der Waals surface area (Å²) in [5.41, 5.74) is 10.4. The maximum atomic E-state index is 14.4. The summed E-state index contributed by atoms with van der Waals surface area (Å²) < 4.78 is 6.53. The van der Waals surface area contributed by atoms with Crippen LogP contribution in [0.4, 0.5) is 5.69 Å². The first-order valence-electron chi connectivity index (χ1n) is 22.2. The smallest absolute Gasteiger partial charge is 0.159 e. The normalized spacial score (nSPS) is 40.8. The average Bonchev–Trinajstić information content (AvgIpc) is 3.41. The second kappa shape index (κ2) is 13.8. The Morgan fingerprint density at radius 1 is 0.930 bits per heavy atom. The number of carbonyl (C=O) groups is 2. The molecule has 5 N–H and O–H groups in total. The van der Waals surface area contributed by atoms with E-state index in [2.05, 4.69) is 66.7 Å². The van der Waals surface area contributed by atoms with E-state index in [1.54, 1.807) is 12.1 Å². The first-order chi connectivity index (χ1) is 26.7. The van der Waals surface area contributed by atoms with Crippen LogP contribution in [0.3, 0.4) is 0 Å². The molecule has 1 aliphatic heterocycles. The third-order valence-electron chi connectivity index (χ3n) is 17.4. The number of nitrogens with two attached hydrogens (primary N) is 1. The quantitative estimate of drug-likeness (QED) is 0.147. The number of ether oxygens (including phenoxy) is 1. The van der Waals surface area contributed by atoms with Gasteiger partial charge in [0, 0.05) is 34.8 Å². The van der Waals surface area contributed by atoms with E-state index in [-0.39, 0.29) is 57.9 Å². The fourth-order valence-corrected chi connectivity index (χ4v) is 15.1. The van der Waals surface area contributed by atoms with E-state index in [0.717, 1.165) is 55.3 Å². The number of phenols is 1. The Labute approximate surface area is 341 Å². The van der Waals surface area contributed by atoms with Gasteiger partial charge in [0.25, 0.3) is 0 Å². The summed E-state index contributed by atoms with van der Waals surface area (Å²) in [6, 6.07) is 13.7. The van der Waals surface area contributed by atoms with Gasteiger partial charge < -0.3 is 25.8 Å². The van der Waals surface area contributed by atoms with Gasteiger partial charge in [-0.25, -0.2) is 0 Å². The molecule has 13 atom stereocenters. The van der Waals surface area contributed by atoms with E-state index < -0.39 is 28.6 Å². The number of epoxide rings is 1. The molecular formula is C50H69NO6. The van der Waals surface area contributed by atoms with Gasteiger partial charge in [-0.3, -0.25) is 9.59 Å². The van der Waals surface area contributed by atoms with Crippen molar-refractivity contribution in [2.24, 2.45) is 51.2 Å². The van der Waals surface area contributed by atoms with Crippen molar-refractivity contribution in [2.75, 3.05) is 5.73 Å². The van der Waals surface area contributed by atoms with Crippen LogP contribution in [-0.2, 0) is 20.7 Å². The van der Waals surface area contributed by atoms with Crippen molar-refractivity contribution in [1.29, 1.82) is 0 Å². The van der Waals surface area contributed by atoms with E-state index in [1.165, 1.54) is 16.7 Å². The highest BCUT2D eigenvalue weighted by Gasteiger charge is 2.71. The Bertz CT molecular complexity index is 1980. The minimum atomic E-state index is -0.759. The van der Waals surface area contributed by atoms with Crippen LogP contribution < -0.4 is 5.73 Å². The van der Waals surface area contributed by atoms with E-state index >= 15 is 0 Å². The molecule has 0 radical (unpaired) electrons. The number of Topliss-reactive ketones (excluding diaryl/α,β-unsaturated/α-hetero) is 2. The topological polar surface area (TPSA) is 133 Å². The molecule has 1 heterocycles. The summed E-state index contributed by atoms with van der Waals surface area (Å²) in [6.07, 6.45) is 6.38. The lowest BCUT2D eigenvalue weighted by Crippen LogP contribution is -2.67. The van der Waals surface area contributed by atoms with Gasteiger partial charge in [-0.1, -0.05) is 85.6 Å². The maximum Gasteiger partial charge on any atom is 0.159 e. The molecule has 2 aromatic rings. The lowest BCUT2D eigenvalue weighted by atomic mass is 9.35. The summed E-state index contributed by atoms with van der Waals surface area (Å²) in [6.45, 7) is 19.7. The Balaban J connectivity index is 1.03. The number of fused-ring (bicyclic) bond motifs is 5. The van der Waals surface area contributed by atoms with Gasteiger partial charge >= 0.3 is 0 Å². The number of phenolic OH excluding ortho intramolecular Hbond substituents is 1. The highest BCUT2D eigenvalue weighted by Crippen LogP contribution is 2.75. The van der Waals surface area contributed by atoms with Crippen molar-refractivity contribution in [3.63, 3.8) is 0 Å². The van der Waals surface area contributed by atoms with Crippen molar-refractivity contribution in [1.82, 2.24) is 0 Å². The molecule has 7 heteroatoms. The molecule has 57 heavy (non-hydrogen) atoms. The number of carbonyl (C=O) groups excluding carboxylic acids is 2. The van der Waals surface area contributed by atoms with Crippen LogP contribution in [0, 0.1) is 51.2 Å². The zero-order valence-electron chi connectivity index (χ0n) is 36.0. The van der Waals surface area contributed by atoms with E-state index in [1.807, 2.05) is 26.0 Å². The molecule has 5 aliphatic carbocycles. The number of rotatable bonds is 9. The monoisotopic (exact) mass is 780 g/mol. The van der Waals surface area contributed by atoms with Gasteiger partial charge in [0.15, 0.2) is 5.78 Å². The Kier molecular flexibility index (Phi) is 9.85. The molecule has 0 bridgehead atoms. The molecular weight excluding hydrogens is 711 g/mol. The van der Waals surface area contributed by atoms with Gasteiger partial charge in [-0.2, -0.15) is 0 Å². The standard InChI is InChI=1S/C50H69NO6/c1-27(2)18-29-20-31(22-32(51)21-29)34-14-11-15-36(34)50(9)45(57-50)38(53)19-28(3)42-37-16-17-41-47(6)24-35(30-12-10-13-33(52)23-30)44(56)46(4,5)43(47)40(55)26-49(41,8)48(37,7)25-39(42)54/h10,12-13,20-23,27-28,34-36,38,40-41,43,45,52-53,55H,11,14-19,24-26,51H2,1-9H3/t28-,34+,35-,36+,38-,40+,41+,43+,45+,47-,48+,49+,50-/m1/s1. The highest BCUT2D eigenvalue weighted by atomic mass is 16.6. The van der Waals surface area contributed by atoms with Gasteiger partial charge in [0.05, 0.1) is 17.8 Å². The molecule has 2 aromatic carbocycles. The summed E-state index contributed by atoms with van der Waals surface area (Å²) in [5, 5.41) is 34.5. The van der Waals surface area contributed by atoms with Crippen molar-refractivity contribution in [2.45, 2.75) is 162 Å². The molecule has 0 amide bonds. The van der Waals surface area contributed by atoms with Gasteiger partial charge in [0.1, 0.15) is 17.6 Å². The van der Waals surface area contributed by atoms with Crippen LogP contribution in [0.1, 0.15) is 149 Å². The molecule has 6 aliphatic rings. The fraction of sp³-hybridized carbons (Fsp3) is 0.680. The minimum absolute atomic E-state index is 0.122. The van der Waals surface area contributed by atoms with Crippen LogP contribution >= 0.6 is 0 Å². The fourth-order valence-electron chi connectivity index (χ4n) is 15.1. The number of allylic oxidation sites excluding steroid dienone is 2. The molecule has 0 unspecified atom stereocenters. The third-order valence-corrected chi connectivity index (χ3v) is 17.4. The average molecular weight is 780 g/mol. The lowest BCUT2D eigenvalue weighted by Gasteiger charge is -2.69. The Morgan fingerprint density at radius 3 is 2.37 bits per heavy atom. The number of aliphatic hydroxyl groups excluding tert-OH is 2. The van der Waals surface area contributed by atoms with E-state index in [4.69, 9.17) is 10.5 Å². The van der Waals surface area contributed by atoms with E-state index in [0.29, 0.717) is 43.4 Å². The highest BCUT2D eigenvalue weighted by molar-refractivity contribution is 6.00. The zero-order valence-corrected chi connectivity index (χ0v) is 36.0. The van der Waals surface area contributed by atoms with Crippen molar-refractivity contribution in [3.05, 3.63) is 70.3 Å². The number of hydrogen-bond donors (Lipinski definition) is 4. The molecule has 0 spiro atoms.